The SMILES string of the molecule is Cc1nc(NC(C)c2cncc(-c3cccnc3N)c2)cc(-c2ccc3occ(C)c3c2)n1. The molecule has 0 radical (unpaired) electrons. The van der Waals surface area contributed by atoms with Gasteiger partial charge in [0.2, 0.25) is 0 Å². The predicted octanol–water partition coefficient (Wildman–Crippen LogP) is 5.72. The average molecular weight is 437 g/mol. The van der Waals surface area contributed by atoms with Crippen LogP contribution in [-0.2, 0) is 0 Å². The van der Waals surface area contributed by atoms with E-state index in [-0.39, 0.29) is 6.04 Å². The Bertz CT molecular complexity index is 1460. The van der Waals surface area contributed by atoms with Gasteiger partial charge in [0.25, 0.3) is 0 Å². The first kappa shape index (κ1) is 20.6. The monoisotopic (exact) mass is 436 g/mol. The first-order chi connectivity index (χ1) is 16.0. The molecule has 0 amide bonds. The summed E-state index contributed by atoms with van der Waals surface area (Å²) in [7, 11) is 0. The molecule has 0 aliphatic heterocycles. The molecule has 0 bridgehead atoms. The van der Waals surface area contributed by atoms with E-state index in [9.17, 15) is 0 Å². The maximum atomic E-state index is 6.05. The standard InChI is InChI=1S/C26H24N6O/c1-15-14-33-24-7-6-18(10-22(15)24)23-11-25(32-17(3)31-23)30-16(2)19-9-20(13-28-12-19)21-5-4-8-29-26(21)27/h4-14,16H,1-3H3,(H2,27,29)(H,30,31,32). The first-order valence-electron chi connectivity index (χ1n) is 10.7. The van der Waals surface area contributed by atoms with Crippen molar-refractivity contribution in [3.8, 4) is 22.4 Å². The van der Waals surface area contributed by atoms with Crippen molar-refractivity contribution in [2.45, 2.75) is 26.8 Å². The fourth-order valence-electron chi connectivity index (χ4n) is 3.91. The van der Waals surface area contributed by atoms with Gasteiger partial charge in [0, 0.05) is 46.7 Å². The van der Waals surface area contributed by atoms with Crippen LogP contribution in [0.3, 0.4) is 0 Å². The van der Waals surface area contributed by atoms with Gasteiger partial charge in [0.1, 0.15) is 23.0 Å². The summed E-state index contributed by atoms with van der Waals surface area (Å²) in [6.07, 6.45) is 7.10. The Kier molecular flexibility index (Phi) is 5.22. The molecule has 164 valence electrons. The van der Waals surface area contributed by atoms with Gasteiger partial charge in [0.15, 0.2) is 0 Å². The van der Waals surface area contributed by atoms with Crippen LogP contribution < -0.4 is 11.1 Å². The van der Waals surface area contributed by atoms with E-state index in [1.165, 1.54) is 0 Å². The molecule has 3 N–H and O–H groups in total. The lowest BCUT2D eigenvalue weighted by Crippen LogP contribution is -2.10. The second-order valence-electron chi connectivity index (χ2n) is 8.12. The van der Waals surface area contributed by atoms with Crippen molar-refractivity contribution in [1.29, 1.82) is 0 Å². The molecule has 5 aromatic rings. The summed E-state index contributed by atoms with van der Waals surface area (Å²) in [4.78, 5) is 17.8. The smallest absolute Gasteiger partial charge is 0.134 e. The van der Waals surface area contributed by atoms with Crippen LogP contribution in [-0.4, -0.2) is 19.9 Å². The highest BCUT2D eigenvalue weighted by atomic mass is 16.3. The first-order valence-corrected chi connectivity index (χ1v) is 10.7. The molecule has 1 aromatic carbocycles. The number of nitrogens with zero attached hydrogens (tertiary/aromatic N) is 4. The second kappa shape index (κ2) is 8.35. The van der Waals surface area contributed by atoms with Gasteiger partial charge in [0.05, 0.1) is 18.0 Å². The summed E-state index contributed by atoms with van der Waals surface area (Å²) in [5.74, 6) is 1.93. The Balaban J connectivity index is 1.44. The Morgan fingerprint density at radius 2 is 1.88 bits per heavy atom. The van der Waals surface area contributed by atoms with Crippen LogP contribution in [0.1, 0.15) is 29.9 Å². The van der Waals surface area contributed by atoms with Crippen molar-refractivity contribution in [3.63, 3.8) is 0 Å². The van der Waals surface area contributed by atoms with E-state index in [0.29, 0.717) is 11.6 Å². The average Bonchev–Trinajstić information content (AvgIpc) is 3.19. The topological polar surface area (TPSA) is 103 Å². The van der Waals surface area contributed by atoms with Crippen molar-refractivity contribution in [2.24, 2.45) is 0 Å². The van der Waals surface area contributed by atoms with Gasteiger partial charge >= 0.3 is 0 Å². The Hall–Kier alpha value is -4.26. The largest absolute Gasteiger partial charge is 0.464 e. The molecular weight excluding hydrogens is 412 g/mol. The minimum Gasteiger partial charge on any atom is -0.464 e. The van der Waals surface area contributed by atoms with Crippen molar-refractivity contribution < 1.29 is 4.42 Å². The van der Waals surface area contributed by atoms with Crippen LogP contribution in [0.25, 0.3) is 33.4 Å². The third-order valence-electron chi connectivity index (χ3n) is 5.67. The highest BCUT2D eigenvalue weighted by Gasteiger charge is 2.13. The lowest BCUT2D eigenvalue weighted by Gasteiger charge is -2.17. The number of aromatic nitrogens is 4. The van der Waals surface area contributed by atoms with E-state index in [2.05, 4.69) is 44.3 Å². The summed E-state index contributed by atoms with van der Waals surface area (Å²) in [6, 6.07) is 13.9. The van der Waals surface area contributed by atoms with Crippen molar-refractivity contribution in [3.05, 3.63) is 84.3 Å². The molecule has 4 aromatic heterocycles. The number of nitrogens with two attached hydrogens (primary N) is 1. The highest BCUT2D eigenvalue weighted by Crippen LogP contribution is 2.29. The summed E-state index contributed by atoms with van der Waals surface area (Å²) < 4.78 is 5.57. The summed E-state index contributed by atoms with van der Waals surface area (Å²) >= 11 is 0. The second-order valence-corrected chi connectivity index (χ2v) is 8.12. The van der Waals surface area contributed by atoms with Crippen LogP contribution in [0.4, 0.5) is 11.6 Å². The van der Waals surface area contributed by atoms with Crippen molar-refractivity contribution in [1.82, 2.24) is 19.9 Å². The number of nitrogen functional groups attached to an aromatic ring is 1. The molecule has 33 heavy (non-hydrogen) atoms. The molecular formula is C26H24N6O. The third kappa shape index (κ3) is 4.13. The number of benzene rings is 1. The van der Waals surface area contributed by atoms with Crippen LogP contribution >= 0.6 is 0 Å². The van der Waals surface area contributed by atoms with Gasteiger partial charge in [-0.25, -0.2) is 15.0 Å². The summed E-state index contributed by atoms with van der Waals surface area (Å²) in [5, 5.41) is 4.58. The Labute approximate surface area is 191 Å². The molecule has 0 saturated carbocycles. The van der Waals surface area contributed by atoms with Crippen LogP contribution in [0.2, 0.25) is 0 Å². The van der Waals surface area contributed by atoms with Gasteiger partial charge in [-0.2, -0.15) is 0 Å². The molecule has 0 aliphatic rings. The van der Waals surface area contributed by atoms with Gasteiger partial charge in [-0.15, -0.1) is 0 Å². The minimum absolute atomic E-state index is 0.0314. The van der Waals surface area contributed by atoms with Crippen molar-refractivity contribution >= 4 is 22.6 Å². The highest BCUT2D eigenvalue weighted by molar-refractivity contribution is 5.85. The van der Waals surface area contributed by atoms with E-state index < -0.39 is 0 Å². The predicted molar refractivity (Wildman–Crippen MR) is 131 cm³/mol. The zero-order valence-electron chi connectivity index (χ0n) is 18.7. The van der Waals surface area contributed by atoms with E-state index in [1.807, 2.05) is 50.4 Å². The van der Waals surface area contributed by atoms with Crippen LogP contribution in [0, 0.1) is 13.8 Å². The van der Waals surface area contributed by atoms with Gasteiger partial charge < -0.3 is 15.5 Å². The zero-order chi connectivity index (χ0) is 22.9. The van der Waals surface area contributed by atoms with E-state index in [4.69, 9.17) is 10.2 Å². The number of furan rings is 1. The number of anilines is 2. The van der Waals surface area contributed by atoms with Gasteiger partial charge in [-0.1, -0.05) is 0 Å². The molecule has 0 spiro atoms. The Morgan fingerprint density at radius 1 is 1.00 bits per heavy atom. The lowest BCUT2D eigenvalue weighted by atomic mass is 10.0. The number of hydrogen-bond acceptors (Lipinski definition) is 7. The number of pyridine rings is 2. The maximum absolute atomic E-state index is 6.05. The summed E-state index contributed by atoms with van der Waals surface area (Å²) in [6.45, 7) is 6.01. The molecule has 1 atom stereocenters. The quantitative estimate of drug-likeness (QED) is 0.363. The van der Waals surface area contributed by atoms with Crippen LogP contribution in [0.15, 0.2) is 71.7 Å². The van der Waals surface area contributed by atoms with Gasteiger partial charge in [-0.3, -0.25) is 4.98 Å². The number of fused-ring (bicyclic) bond motifs is 1. The molecule has 0 saturated heterocycles. The molecule has 7 heteroatoms. The molecule has 7 nitrogen and oxygen atoms in total. The number of nitrogens with one attached hydrogen (secondary N) is 1. The summed E-state index contributed by atoms with van der Waals surface area (Å²) in [5.41, 5.74) is 12.7. The van der Waals surface area contributed by atoms with Gasteiger partial charge in [-0.05, 0) is 68.3 Å². The number of aryl methyl sites for hydroxylation is 2. The lowest BCUT2D eigenvalue weighted by molar-refractivity contribution is 0.613. The van der Waals surface area contributed by atoms with E-state index >= 15 is 0 Å². The maximum Gasteiger partial charge on any atom is 0.134 e. The van der Waals surface area contributed by atoms with E-state index in [1.54, 1.807) is 18.7 Å². The van der Waals surface area contributed by atoms with Crippen molar-refractivity contribution in [2.75, 3.05) is 11.1 Å². The zero-order valence-corrected chi connectivity index (χ0v) is 18.7. The molecule has 0 aliphatic carbocycles. The normalized spacial score (nSPS) is 12.1. The fourth-order valence-corrected chi connectivity index (χ4v) is 3.91. The van der Waals surface area contributed by atoms with Crippen LogP contribution in [0.5, 0.6) is 0 Å². The fraction of sp³-hybridized carbons (Fsp3) is 0.154. The van der Waals surface area contributed by atoms with E-state index in [0.717, 1.165) is 50.3 Å². The molecule has 0 fully saturated rings. The third-order valence-corrected chi connectivity index (χ3v) is 5.67. The Morgan fingerprint density at radius 3 is 2.73 bits per heavy atom. The number of hydrogen-bond donors (Lipinski definition) is 2. The number of rotatable bonds is 5. The minimum atomic E-state index is -0.0314. The molecule has 1 unspecified atom stereocenters. The molecule has 5 rings (SSSR count). The molecule has 4 heterocycles.